The molecule has 3 rings (SSSR count). The van der Waals surface area contributed by atoms with Crippen LogP contribution in [0.5, 0.6) is 0 Å². The van der Waals surface area contributed by atoms with Crippen LogP contribution in [-0.2, 0) is 0 Å². The van der Waals surface area contributed by atoms with Crippen LogP contribution in [0.1, 0.15) is 5.56 Å². The van der Waals surface area contributed by atoms with Crippen LogP contribution in [0.3, 0.4) is 0 Å². The molecule has 0 aliphatic heterocycles. The molecular formula is C18H15N7O2. The molecule has 0 atom stereocenters. The maximum absolute atomic E-state index is 10.6. The van der Waals surface area contributed by atoms with Gasteiger partial charge in [-0.15, -0.1) is 0 Å². The van der Waals surface area contributed by atoms with Gasteiger partial charge in [-0.05, 0) is 6.07 Å². The summed E-state index contributed by atoms with van der Waals surface area (Å²) in [5.74, 6) is 0.944. The maximum Gasteiger partial charge on any atom is 0.287 e. The van der Waals surface area contributed by atoms with Crippen molar-refractivity contribution >= 4 is 17.5 Å². The summed E-state index contributed by atoms with van der Waals surface area (Å²) < 4.78 is 0. The highest BCUT2D eigenvalue weighted by Crippen LogP contribution is 2.21. The lowest BCUT2D eigenvalue weighted by Crippen LogP contribution is -2.16. The Balaban J connectivity index is 1.60. The first-order valence-corrected chi connectivity index (χ1v) is 8.08. The molecule has 2 heterocycles. The number of nitrogens with zero attached hydrogens (tertiary/aromatic N) is 5. The van der Waals surface area contributed by atoms with E-state index in [0.717, 1.165) is 5.56 Å². The van der Waals surface area contributed by atoms with Gasteiger partial charge in [-0.25, -0.2) is 15.0 Å². The molecule has 0 spiro atoms. The van der Waals surface area contributed by atoms with Crippen LogP contribution in [0.15, 0.2) is 54.9 Å². The highest BCUT2D eigenvalue weighted by atomic mass is 16.6. The van der Waals surface area contributed by atoms with E-state index in [-0.39, 0.29) is 5.69 Å². The molecule has 9 nitrogen and oxygen atoms in total. The second-order valence-electron chi connectivity index (χ2n) is 5.45. The summed E-state index contributed by atoms with van der Waals surface area (Å²) in [6.07, 6.45) is 2.69. The van der Waals surface area contributed by atoms with Crippen molar-refractivity contribution in [3.8, 4) is 17.3 Å². The van der Waals surface area contributed by atoms with Crippen LogP contribution in [0.4, 0.5) is 17.5 Å². The first-order chi connectivity index (χ1) is 13.2. The molecule has 9 heteroatoms. The maximum atomic E-state index is 10.6. The summed E-state index contributed by atoms with van der Waals surface area (Å²) in [5.41, 5.74) is 1.76. The van der Waals surface area contributed by atoms with E-state index in [0.29, 0.717) is 36.1 Å². The van der Waals surface area contributed by atoms with Gasteiger partial charge in [-0.2, -0.15) is 5.26 Å². The molecule has 0 aliphatic rings. The van der Waals surface area contributed by atoms with Crippen LogP contribution >= 0.6 is 0 Å². The van der Waals surface area contributed by atoms with Gasteiger partial charge < -0.3 is 10.6 Å². The van der Waals surface area contributed by atoms with E-state index in [2.05, 4.69) is 31.7 Å². The van der Waals surface area contributed by atoms with Gasteiger partial charge in [-0.1, -0.05) is 30.3 Å². The van der Waals surface area contributed by atoms with Crippen LogP contribution in [0.2, 0.25) is 0 Å². The average Bonchev–Trinajstić information content (AvgIpc) is 2.72. The number of nitrogens with one attached hydrogen (secondary N) is 2. The molecule has 27 heavy (non-hydrogen) atoms. The summed E-state index contributed by atoms with van der Waals surface area (Å²) in [5, 5.41) is 26.0. The summed E-state index contributed by atoms with van der Waals surface area (Å²) in [6.45, 7) is 1.01. The number of benzene rings is 1. The number of hydrogen-bond acceptors (Lipinski definition) is 8. The molecule has 134 valence electrons. The molecule has 0 fully saturated rings. The minimum absolute atomic E-state index is 0.0573. The summed E-state index contributed by atoms with van der Waals surface area (Å²) >= 11 is 0. The number of anilines is 2. The Kier molecular flexibility index (Phi) is 5.49. The second kappa shape index (κ2) is 8.35. The normalized spacial score (nSPS) is 10.0. The summed E-state index contributed by atoms with van der Waals surface area (Å²) in [7, 11) is 0. The summed E-state index contributed by atoms with van der Waals surface area (Å²) in [6, 6.07) is 14.5. The van der Waals surface area contributed by atoms with Crippen LogP contribution < -0.4 is 10.6 Å². The molecule has 0 bridgehead atoms. The highest BCUT2D eigenvalue weighted by molar-refractivity contribution is 5.66. The van der Waals surface area contributed by atoms with Gasteiger partial charge in [-0.3, -0.25) is 10.1 Å². The third kappa shape index (κ3) is 4.52. The number of aromatic nitrogens is 3. The molecule has 2 aromatic heterocycles. The Labute approximate surface area is 154 Å². The lowest BCUT2D eigenvalue weighted by Gasteiger charge is -2.09. The first-order valence-electron chi connectivity index (χ1n) is 8.08. The van der Waals surface area contributed by atoms with Crippen LogP contribution in [0.25, 0.3) is 11.3 Å². The monoisotopic (exact) mass is 361 g/mol. The minimum Gasteiger partial charge on any atom is -0.368 e. The van der Waals surface area contributed by atoms with Gasteiger partial charge in [0.05, 0.1) is 22.4 Å². The second-order valence-corrected chi connectivity index (χ2v) is 5.45. The number of rotatable bonds is 7. The Morgan fingerprint density at radius 3 is 2.48 bits per heavy atom. The van der Waals surface area contributed by atoms with Gasteiger partial charge in [0.1, 0.15) is 18.1 Å². The van der Waals surface area contributed by atoms with E-state index >= 15 is 0 Å². The Morgan fingerprint density at radius 1 is 1.04 bits per heavy atom. The molecule has 2 N–H and O–H groups in total. The molecule has 0 radical (unpaired) electrons. The quantitative estimate of drug-likeness (QED) is 0.373. The van der Waals surface area contributed by atoms with Gasteiger partial charge in [0.25, 0.3) is 5.69 Å². The zero-order chi connectivity index (χ0) is 19.1. The van der Waals surface area contributed by atoms with Crippen molar-refractivity contribution in [2.45, 2.75) is 0 Å². The number of nitro groups is 1. The van der Waals surface area contributed by atoms with Crippen molar-refractivity contribution in [2.75, 3.05) is 23.7 Å². The number of pyridine rings is 1. The smallest absolute Gasteiger partial charge is 0.287 e. The molecular weight excluding hydrogens is 346 g/mol. The number of nitriles is 1. The van der Waals surface area contributed by atoms with E-state index in [1.165, 1.54) is 18.5 Å². The predicted molar refractivity (Wildman–Crippen MR) is 100 cm³/mol. The molecule has 0 unspecified atom stereocenters. The van der Waals surface area contributed by atoms with Crippen molar-refractivity contribution in [1.82, 2.24) is 15.0 Å². The topological polar surface area (TPSA) is 130 Å². The third-order valence-electron chi connectivity index (χ3n) is 3.63. The lowest BCUT2D eigenvalue weighted by molar-refractivity contribution is -0.385. The van der Waals surface area contributed by atoms with E-state index < -0.39 is 4.92 Å². The van der Waals surface area contributed by atoms with Gasteiger partial charge in [0.2, 0.25) is 5.95 Å². The van der Waals surface area contributed by atoms with Gasteiger partial charge in [0, 0.05) is 24.7 Å². The first kappa shape index (κ1) is 17.8. The van der Waals surface area contributed by atoms with E-state index in [1.54, 1.807) is 6.07 Å². The van der Waals surface area contributed by atoms with Crippen molar-refractivity contribution in [2.24, 2.45) is 0 Å². The fourth-order valence-electron chi connectivity index (χ4n) is 2.33. The molecule has 0 saturated heterocycles. The SMILES string of the molecule is N#Cc1cnc(NCCNc2ccc([N+](=O)[O-])cn2)nc1-c1ccccc1. The third-order valence-corrected chi connectivity index (χ3v) is 3.63. The zero-order valence-electron chi connectivity index (χ0n) is 14.2. The largest absolute Gasteiger partial charge is 0.368 e. The van der Waals surface area contributed by atoms with Crippen LogP contribution in [-0.4, -0.2) is 33.0 Å². The van der Waals surface area contributed by atoms with Crippen LogP contribution in [0, 0.1) is 21.4 Å². The minimum atomic E-state index is -0.495. The Morgan fingerprint density at radius 2 is 1.81 bits per heavy atom. The average molecular weight is 361 g/mol. The predicted octanol–water partition coefficient (Wildman–Crippen LogP) is 2.84. The van der Waals surface area contributed by atoms with Crippen molar-refractivity contribution < 1.29 is 4.92 Å². The Hall–Kier alpha value is -4.06. The molecule has 0 aliphatic carbocycles. The fraction of sp³-hybridized carbons (Fsp3) is 0.111. The van der Waals surface area contributed by atoms with Crippen molar-refractivity contribution in [3.05, 3.63) is 70.5 Å². The van der Waals surface area contributed by atoms with Gasteiger partial charge in [0.15, 0.2) is 0 Å². The molecule has 0 saturated carbocycles. The zero-order valence-corrected chi connectivity index (χ0v) is 14.2. The van der Waals surface area contributed by atoms with E-state index in [1.807, 2.05) is 30.3 Å². The fourth-order valence-corrected chi connectivity index (χ4v) is 2.33. The highest BCUT2D eigenvalue weighted by Gasteiger charge is 2.09. The van der Waals surface area contributed by atoms with E-state index in [4.69, 9.17) is 0 Å². The molecule has 1 aromatic carbocycles. The summed E-state index contributed by atoms with van der Waals surface area (Å²) in [4.78, 5) is 22.7. The molecule has 3 aromatic rings. The van der Waals surface area contributed by atoms with Gasteiger partial charge >= 0.3 is 0 Å². The lowest BCUT2D eigenvalue weighted by atomic mass is 10.1. The standard InChI is InChI=1S/C18H15N7O2/c19-10-14-11-23-18(24-17(14)13-4-2-1-3-5-13)21-9-8-20-16-7-6-15(12-22-16)25(26)27/h1-7,11-12H,8-9H2,(H,20,22)(H,21,23,24). The van der Waals surface area contributed by atoms with Crippen molar-refractivity contribution in [1.29, 1.82) is 5.26 Å². The van der Waals surface area contributed by atoms with E-state index in [9.17, 15) is 15.4 Å². The molecule has 0 amide bonds. The Bertz CT molecular complexity index is 969. The van der Waals surface area contributed by atoms with Crippen molar-refractivity contribution in [3.63, 3.8) is 0 Å². The number of hydrogen-bond donors (Lipinski definition) is 2.